The van der Waals surface area contributed by atoms with Gasteiger partial charge in [-0.25, -0.2) is 4.79 Å². The van der Waals surface area contributed by atoms with E-state index in [4.69, 9.17) is 0 Å². The van der Waals surface area contributed by atoms with Crippen molar-refractivity contribution < 1.29 is 19.5 Å². The number of carbonyl (C=O) groups is 3. The summed E-state index contributed by atoms with van der Waals surface area (Å²) in [6.07, 6.45) is 2.01. The van der Waals surface area contributed by atoms with Crippen LogP contribution in [-0.4, -0.2) is 28.8 Å². The van der Waals surface area contributed by atoms with Gasteiger partial charge in [0.25, 0.3) is 5.91 Å². The number of amides is 1. The first-order chi connectivity index (χ1) is 10.4. The maximum atomic E-state index is 12.3. The number of rotatable bonds is 4. The van der Waals surface area contributed by atoms with Crippen LogP contribution in [0.3, 0.4) is 0 Å². The Morgan fingerprint density at radius 2 is 1.86 bits per heavy atom. The number of hydrogen-bond donors (Lipinski definition) is 2. The van der Waals surface area contributed by atoms with Gasteiger partial charge in [-0.2, -0.15) is 0 Å². The van der Waals surface area contributed by atoms with Crippen molar-refractivity contribution in [3.8, 4) is 0 Å². The van der Waals surface area contributed by atoms with Crippen LogP contribution in [0.25, 0.3) is 0 Å². The molecule has 0 radical (unpaired) electrons. The summed E-state index contributed by atoms with van der Waals surface area (Å²) >= 11 is 6.58. The molecule has 1 aromatic rings. The number of carboxylic acid groups (broad SMARTS) is 1. The van der Waals surface area contributed by atoms with E-state index in [1.54, 1.807) is 18.2 Å². The molecule has 0 heterocycles. The topological polar surface area (TPSA) is 83.5 Å². The molecule has 2 N–H and O–H groups in total. The zero-order valence-electron chi connectivity index (χ0n) is 11.6. The number of carboxylic acids is 1. The van der Waals surface area contributed by atoms with Crippen molar-refractivity contribution in [1.82, 2.24) is 5.32 Å². The number of benzene rings is 1. The highest BCUT2D eigenvalue weighted by atomic mass is 79.9. The third-order valence-electron chi connectivity index (χ3n) is 3.67. The molecule has 2 rings (SSSR count). The first kappa shape index (κ1) is 17.1. The molecule has 22 heavy (non-hydrogen) atoms. The molecule has 2 atom stereocenters. The molecule has 0 bridgehead atoms. The molecule has 0 saturated heterocycles. The van der Waals surface area contributed by atoms with Crippen LogP contribution in [0, 0.1) is 5.92 Å². The largest absolute Gasteiger partial charge is 0.480 e. The zero-order valence-corrected chi connectivity index (χ0v) is 14.8. The third kappa shape index (κ3) is 4.39. The van der Waals surface area contributed by atoms with Crippen molar-refractivity contribution >= 4 is 49.5 Å². The molecule has 1 fully saturated rings. The molecule has 118 valence electrons. The molecule has 1 aromatic carbocycles. The van der Waals surface area contributed by atoms with Gasteiger partial charge in [0, 0.05) is 27.4 Å². The standard InChI is InChI=1S/C15H15Br2NO4/c16-10-4-9(5-11(17)7-10)14(20)18-13(15(21)22)8-2-1-3-12(19)6-8/h4-5,7-8,13H,1-3,6H2,(H,18,20)(H,21,22)/t8-,13+/m1/s1. The fourth-order valence-corrected chi connectivity index (χ4v) is 3.93. The maximum absolute atomic E-state index is 12.3. The molecule has 1 aliphatic rings. The van der Waals surface area contributed by atoms with E-state index in [-0.39, 0.29) is 18.1 Å². The minimum Gasteiger partial charge on any atom is -0.480 e. The van der Waals surface area contributed by atoms with Crippen LogP contribution < -0.4 is 5.32 Å². The van der Waals surface area contributed by atoms with E-state index in [1.807, 2.05) is 0 Å². The fourth-order valence-electron chi connectivity index (χ4n) is 2.63. The maximum Gasteiger partial charge on any atom is 0.326 e. The number of halogens is 2. The van der Waals surface area contributed by atoms with E-state index in [0.717, 1.165) is 0 Å². The van der Waals surface area contributed by atoms with Gasteiger partial charge in [0.15, 0.2) is 0 Å². The Balaban J connectivity index is 2.15. The number of Topliss-reactive ketones (excluding diaryl/α,β-unsaturated/α-hetero) is 1. The van der Waals surface area contributed by atoms with E-state index >= 15 is 0 Å². The second kappa shape index (κ2) is 7.37. The molecule has 0 aromatic heterocycles. The van der Waals surface area contributed by atoms with Gasteiger partial charge in [0.2, 0.25) is 0 Å². The number of nitrogens with one attached hydrogen (secondary N) is 1. The molecule has 1 amide bonds. The number of ketones is 1. The Labute approximate surface area is 144 Å². The van der Waals surface area contributed by atoms with E-state index < -0.39 is 17.9 Å². The summed E-state index contributed by atoms with van der Waals surface area (Å²) in [7, 11) is 0. The first-order valence-electron chi connectivity index (χ1n) is 6.88. The van der Waals surface area contributed by atoms with Gasteiger partial charge >= 0.3 is 5.97 Å². The van der Waals surface area contributed by atoms with Gasteiger partial charge in [0.1, 0.15) is 11.8 Å². The average Bonchev–Trinajstić information content (AvgIpc) is 2.43. The summed E-state index contributed by atoms with van der Waals surface area (Å²) in [5.41, 5.74) is 0.356. The lowest BCUT2D eigenvalue weighted by molar-refractivity contribution is -0.141. The fraction of sp³-hybridized carbons (Fsp3) is 0.400. The highest BCUT2D eigenvalue weighted by Gasteiger charge is 2.33. The van der Waals surface area contributed by atoms with Gasteiger partial charge in [-0.05, 0) is 37.0 Å². The third-order valence-corrected chi connectivity index (χ3v) is 4.58. The Kier molecular flexibility index (Phi) is 5.74. The van der Waals surface area contributed by atoms with Crippen LogP contribution in [0.4, 0.5) is 0 Å². The van der Waals surface area contributed by atoms with Gasteiger partial charge in [-0.3, -0.25) is 9.59 Å². The van der Waals surface area contributed by atoms with Gasteiger partial charge in [-0.1, -0.05) is 31.9 Å². The predicted molar refractivity (Wildman–Crippen MR) is 87.7 cm³/mol. The second-order valence-corrected chi connectivity index (χ2v) is 7.17. The van der Waals surface area contributed by atoms with Crippen LogP contribution in [0.5, 0.6) is 0 Å². The molecule has 7 heteroatoms. The number of aliphatic carboxylic acids is 1. The normalized spacial score (nSPS) is 19.5. The van der Waals surface area contributed by atoms with Crippen LogP contribution in [0.1, 0.15) is 36.0 Å². The second-order valence-electron chi connectivity index (χ2n) is 5.34. The minimum atomic E-state index is -1.11. The minimum absolute atomic E-state index is 0.0574. The molecule has 0 unspecified atom stereocenters. The Morgan fingerprint density at radius 3 is 2.41 bits per heavy atom. The highest BCUT2D eigenvalue weighted by Crippen LogP contribution is 2.25. The zero-order chi connectivity index (χ0) is 16.3. The van der Waals surface area contributed by atoms with Crippen molar-refractivity contribution in [3.63, 3.8) is 0 Å². The molecular formula is C15H15Br2NO4. The van der Waals surface area contributed by atoms with Gasteiger partial charge < -0.3 is 10.4 Å². The molecule has 5 nitrogen and oxygen atoms in total. The number of carbonyl (C=O) groups excluding carboxylic acids is 2. The van der Waals surface area contributed by atoms with Crippen molar-refractivity contribution in [2.24, 2.45) is 5.92 Å². The number of hydrogen-bond acceptors (Lipinski definition) is 3. The monoisotopic (exact) mass is 431 g/mol. The van der Waals surface area contributed by atoms with Crippen LogP contribution in [0.15, 0.2) is 27.1 Å². The summed E-state index contributed by atoms with van der Waals surface area (Å²) in [5, 5.41) is 11.9. The smallest absolute Gasteiger partial charge is 0.326 e. The van der Waals surface area contributed by atoms with Crippen molar-refractivity contribution in [2.45, 2.75) is 31.7 Å². The van der Waals surface area contributed by atoms with Crippen molar-refractivity contribution in [1.29, 1.82) is 0 Å². The van der Waals surface area contributed by atoms with E-state index in [2.05, 4.69) is 37.2 Å². The van der Waals surface area contributed by atoms with Gasteiger partial charge in [-0.15, -0.1) is 0 Å². The quantitative estimate of drug-likeness (QED) is 0.765. The van der Waals surface area contributed by atoms with E-state index in [9.17, 15) is 19.5 Å². The highest BCUT2D eigenvalue weighted by molar-refractivity contribution is 9.11. The summed E-state index contributed by atoms with van der Waals surface area (Å²) in [5.74, 6) is -1.87. The Morgan fingerprint density at radius 1 is 1.23 bits per heavy atom. The summed E-state index contributed by atoms with van der Waals surface area (Å²) < 4.78 is 1.43. The molecule has 0 spiro atoms. The first-order valence-corrected chi connectivity index (χ1v) is 8.47. The molecule has 1 aliphatic carbocycles. The predicted octanol–water partition coefficient (Wildman–Crippen LogP) is 3.15. The van der Waals surface area contributed by atoms with Gasteiger partial charge in [0.05, 0.1) is 0 Å². The van der Waals surface area contributed by atoms with E-state index in [0.29, 0.717) is 33.8 Å². The van der Waals surface area contributed by atoms with Crippen LogP contribution >= 0.6 is 31.9 Å². The summed E-state index contributed by atoms with van der Waals surface area (Å²) in [6.45, 7) is 0. The molecule has 1 saturated carbocycles. The summed E-state index contributed by atoms with van der Waals surface area (Å²) in [6, 6.07) is 3.97. The Hall–Kier alpha value is -1.21. The van der Waals surface area contributed by atoms with E-state index in [1.165, 1.54) is 0 Å². The lowest BCUT2D eigenvalue weighted by atomic mass is 9.83. The van der Waals surface area contributed by atoms with Crippen LogP contribution in [0.2, 0.25) is 0 Å². The average molecular weight is 433 g/mol. The van der Waals surface area contributed by atoms with Crippen molar-refractivity contribution in [3.05, 3.63) is 32.7 Å². The molecular weight excluding hydrogens is 418 g/mol. The van der Waals surface area contributed by atoms with Crippen LogP contribution in [-0.2, 0) is 9.59 Å². The Bertz CT molecular complexity index is 597. The SMILES string of the molecule is O=C1CCC[C@@H]([C@H](NC(=O)c2cc(Br)cc(Br)c2)C(=O)O)C1. The van der Waals surface area contributed by atoms with Crippen molar-refractivity contribution in [2.75, 3.05) is 0 Å². The summed E-state index contributed by atoms with van der Waals surface area (Å²) in [4.78, 5) is 35.3. The lowest BCUT2D eigenvalue weighted by Crippen LogP contribution is -2.47. The lowest BCUT2D eigenvalue weighted by Gasteiger charge is -2.27. The molecule has 0 aliphatic heterocycles.